The van der Waals surface area contributed by atoms with Crippen molar-refractivity contribution in [2.75, 3.05) is 0 Å². The van der Waals surface area contributed by atoms with E-state index >= 15 is 0 Å². The quantitative estimate of drug-likeness (QED) is 0.629. The molecule has 0 saturated carbocycles. The van der Waals surface area contributed by atoms with Crippen LogP contribution in [0.25, 0.3) is 11.4 Å². The van der Waals surface area contributed by atoms with Crippen LogP contribution in [0.2, 0.25) is 0 Å². The minimum absolute atomic E-state index is 0.0147. The third kappa shape index (κ3) is 3.98. The van der Waals surface area contributed by atoms with Crippen molar-refractivity contribution in [3.8, 4) is 17.1 Å². The zero-order valence-corrected chi connectivity index (χ0v) is 16.3. The molecular weight excluding hydrogens is 404 g/mol. The number of hydrogen-bond acceptors (Lipinski definition) is 4. The molecule has 6 nitrogen and oxygen atoms in total. The first-order chi connectivity index (χ1) is 13.9. The summed E-state index contributed by atoms with van der Waals surface area (Å²) in [7, 11) is 1.50. The summed E-state index contributed by atoms with van der Waals surface area (Å²) >= 11 is 0. The lowest BCUT2D eigenvalue weighted by atomic mass is 10.1. The second-order valence-corrected chi connectivity index (χ2v) is 7.07. The molecule has 0 atom stereocenters. The van der Waals surface area contributed by atoms with E-state index < -0.39 is 29.1 Å². The molecule has 2 aromatic carbocycles. The minimum atomic E-state index is -4.57. The molecule has 0 radical (unpaired) electrons. The largest absolute Gasteiger partial charge is 0.477 e. The van der Waals surface area contributed by atoms with Gasteiger partial charge in [-0.15, -0.1) is 10.2 Å². The van der Waals surface area contributed by atoms with Gasteiger partial charge in [-0.25, -0.2) is 4.39 Å². The predicted octanol–water partition coefficient (Wildman–Crippen LogP) is 4.05. The van der Waals surface area contributed by atoms with Crippen molar-refractivity contribution < 1.29 is 27.1 Å². The lowest BCUT2D eigenvalue weighted by Crippen LogP contribution is -2.29. The minimum Gasteiger partial charge on any atom is -0.477 e. The molecule has 158 valence electrons. The van der Waals surface area contributed by atoms with Gasteiger partial charge in [0.05, 0.1) is 5.56 Å². The summed E-state index contributed by atoms with van der Waals surface area (Å²) in [5.41, 5.74) is 2.85. The number of nitrogens with zero attached hydrogens (tertiary/aromatic N) is 3. The predicted molar refractivity (Wildman–Crippen MR) is 100 cm³/mol. The molecule has 0 bridgehead atoms. The lowest BCUT2D eigenvalue weighted by Gasteiger charge is -2.26. The number of nitrogens with two attached hydrogens (primary N) is 1. The fourth-order valence-corrected chi connectivity index (χ4v) is 3.07. The first-order valence-corrected chi connectivity index (χ1v) is 8.76. The summed E-state index contributed by atoms with van der Waals surface area (Å²) in [6.45, 7) is 3.13. The number of halogens is 4. The highest BCUT2D eigenvalue weighted by atomic mass is 19.4. The number of amides is 1. The summed E-state index contributed by atoms with van der Waals surface area (Å²) in [5, 5.41) is 7.89. The van der Waals surface area contributed by atoms with Crippen molar-refractivity contribution in [2.24, 2.45) is 12.8 Å². The van der Waals surface area contributed by atoms with Gasteiger partial charge < -0.3 is 15.0 Å². The Hall–Kier alpha value is -3.43. The molecule has 3 aromatic rings. The summed E-state index contributed by atoms with van der Waals surface area (Å²) < 4.78 is 61.5. The second kappa shape index (κ2) is 7.43. The Kier molecular flexibility index (Phi) is 5.27. The molecule has 0 spiro atoms. The van der Waals surface area contributed by atoms with E-state index in [1.165, 1.54) is 41.9 Å². The molecule has 0 saturated heterocycles. The summed E-state index contributed by atoms with van der Waals surface area (Å²) in [6, 6.07) is 8.50. The molecule has 10 heteroatoms. The van der Waals surface area contributed by atoms with Gasteiger partial charge in [-0.1, -0.05) is 18.2 Å². The van der Waals surface area contributed by atoms with E-state index in [0.29, 0.717) is 0 Å². The first kappa shape index (κ1) is 21.3. The topological polar surface area (TPSA) is 83.0 Å². The number of primary amides is 1. The Morgan fingerprint density at radius 2 is 1.77 bits per heavy atom. The van der Waals surface area contributed by atoms with Crippen LogP contribution in [0.15, 0.2) is 42.5 Å². The summed E-state index contributed by atoms with van der Waals surface area (Å²) in [4.78, 5) is 11.2. The Bertz CT molecular complexity index is 1110. The Morgan fingerprint density at radius 1 is 1.10 bits per heavy atom. The molecule has 2 N–H and O–H groups in total. The van der Waals surface area contributed by atoms with E-state index in [2.05, 4.69) is 10.2 Å². The molecule has 0 unspecified atom stereocenters. The zero-order valence-electron chi connectivity index (χ0n) is 16.3. The van der Waals surface area contributed by atoms with Gasteiger partial charge in [0.15, 0.2) is 28.8 Å². The van der Waals surface area contributed by atoms with Crippen LogP contribution in [0.1, 0.15) is 35.6 Å². The smallest absolute Gasteiger partial charge is 0.417 e. The molecule has 0 aliphatic heterocycles. The fourth-order valence-electron chi connectivity index (χ4n) is 3.07. The van der Waals surface area contributed by atoms with Gasteiger partial charge in [0.2, 0.25) is 5.91 Å². The van der Waals surface area contributed by atoms with Gasteiger partial charge in [-0.05, 0) is 38.1 Å². The van der Waals surface area contributed by atoms with Crippen LogP contribution in [0, 0.1) is 5.82 Å². The maximum atomic E-state index is 14.3. The zero-order chi connectivity index (χ0) is 22.3. The third-order valence-electron chi connectivity index (χ3n) is 4.47. The van der Waals surface area contributed by atoms with E-state index in [1.54, 1.807) is 13.8 Å². The van der Waals surface area contributed by atoms with E-state index in [-0.39, 0.29) is 28.5 Å². The SMILES string of the molecule is Cn1c(-c2ccccc2C(F)(F)F)nnc1C(C)(C)Oc1ccc(C(N)=O)cc1F. The molecule has 0 aliphatic carbocycles. The van der Waals surface area contributed by atoms with Crippen LogP contribution in [0.5, 0.6) is 5.75 Å². The second-order valence-electron chi connectivity index (χ2n) is 7.07. The van der Waals surface area contributed by atoms with Gasteiger partial charge in [-0.2, -0.15) is 13.2 Å². The van der Waals surface area contributed by atoms with Crippen LogP contribution in [0.4, 0.5) is 17.6 Å². The van der Waals surface area contributed by atoms with Crippen molar-refractivity contribution in [1.82, 2.24) is 14.8 Å². The molecule has 1 amide bonds. The van der Waals surface area contributed by atoms with Crippen molar-refractivity contribution in [3.63, 3.8) is 0 Å². The average Bonchev–Trinajstić information content (AvgIpc) is 3.04. The lowest BCUT2D eigenvalue weighted by molar-refractivity contribution is -0.137. The average molecular weight is 422 g/mol. The summed E-state index contributed by atoms with van der Waals surface area (Å²) in [5.74, 6) is -1.62. The number of aromatic nitrogens is 3. The number of carbonyl (C=O) groups is 1. The Labute approximate surface area is 169 Å². The number of benzene rings is 2. The normalized spacial score (nSPS) is 12.1. The maximum Gasteiger partial charge on any atom is 0.417 e. The van der Waals surface area contributed by atoms with Gasteiger partial charge in [0.25, 0.3) is 0 Å². The van der Waals surface area contributed by atoms with Gasteiger partial charge >= 0.3 is 6.18 Å². The van der Waals surface area contributed by atoms with Gasteiger partial charge in [-0.3, -0.25) is 4.79 Å². The highest BCUT2D eigenvalue weighted by Crippen LogP contribution is 2.37. The van der Waals surface area contributed by atoms with E-state index in [0.717, 1.165) is 12.1 Å². The molecule has 3 rings (SSSR count). The number of ether oxygens (including phenoxy) is 1. The monoisotopic (exact) mass is 422 g/mol. The van der Waals surface area contributed by atoms with Crippen LogP contribution in [0.3, 0.4) is 0 Å². The van der Waals surface area contributed by atoms with Crippen LogP contribution < -0.4 is 10.5 Å². The standard InChI is InChI=1S/C20H18F4N4O2/c1-19(2,30-15-9-8-11(16(25)29)10-14(15)21)18-27-26-17(28(18)3)12-6-4-5-7-13(12)20(22,23)24/h4-10H,1-3H3,(H2,25,29). The third-order valence-corrected chi connectivity index (χ3v) is 4.47. The maximum absolute atomic E-state index is 14.3. The number of hydrogen-bond donors (Lipinski definition) is 1. The molecule has 1 heterocycles. The van der Waals surface area contributed by atoms with Crippen molar-refractivity contribution >= 4 is 5.91 Å². The molecule has 30 heavy (non-hydrogen) atoms. The summed E-state index contributed by atoms with van der Waals surface area (Å²) in [6.07, 6.45) is -4.57. The highest BCUT2D eigenvalue weighted by Gasteiger charge is 2.36. The van der Waals surface area contributed by atoms with Crippen molar-refractivity contribution in [1.29, 1.82) is 0 Å². The van der Waals surface area contributed by atoms with E-state index in [4.69, 9.17) is 10.5 Å². The van der Waals surface area contributed by atoms with Crippen molar-refractivity contribution in [3.05, 3.63) is 65.2 Å². The number of alkyl halides is 3. The number of rotatable bonds is 5. The highest BCUT2D eigenvalue weighted by molar-refractivity contribution is 5.92. The Morgan fingerprint density at radius 3 is 2.37 bits per heavy atom. The van der Waals surface area contributed by atoms with Crippen LogP contribution in [-0.2, 0) is 18.8 Å². The van der Waals surface area contributed by atoms with Crippen LogP contribution >= 0.6 is 0 Å². The van der Waals surface area contributed by atoms with Gasteiger partial charge in [0, 0.05) is 18.2 Å². The molecular formula is C20H18F4N4O2. The molecule has 1 aromatic heterocycles. The van der Waals surface area contributed by atoms with E-state index in [9.17, 15) is 22.4 Å². The van der Waals surface area contributed by atoms with Crippen molar-refractivity contribution in [2.45, 2.75) is 25.6 Å². The van der Waals surface area contributed by atoms with E-state index in [1.807, 2.05) is 0 Å². The number of carbonyl (C=O) groups excluding carboxylic acids is 1. The fraction of sp³-hybridized carbons (Fsp3) is 0.250. The molecule has 0 fully saturated rings. The first-order valence-electron chi connectivity index (χ1n) is 8.76. The van der Waals surface area contributed by atoms with Gasteiger partial charge in [0.1, 0.15) is 0 Å². The molecule has 0 aliphatic rings. The van der Waals surface area contributed by atoms with Crippen LogP contribution in [-0.4, -0.2) is 20.7 Å². The Balaban J connectivity index is 1.99.